The van der Waals surface area contributed by atoms with Crippen LogP contribution < -0.4 is 10.6 Å². The highest BCUT2D eigenvalue weighted by Crippen LogP contribution is 2.23. The molecule has 1 aliphatic rings. The molecule has 0 saturated carbocycles. The van der Waals surface area contributed by atoms with E-state index in [0.29, 0.717) is 50.5 Å². The Kier molecular flexibility index (Phi) is 9.46. The standard InChI is InChI=1S/C32H43N9O3/c1-20(2)15-27-31-34-23(5)38-40(31)14-13-39(30(43)19-41-22(4)16-21(3)37-41)12-8-11-29(42)35-28(32(44)36-27)17-24-18-33-26-10-7-6-9-25(24)26/h6-7,9-10,16,18,20,27-28,33H,8,11-15,17,19H2,1-5H3,(H,35,42)(H,36,44)/t27-,28+/m0/s1. The van der Waals surface area contributed by atoms with E-state index in [-0.39, 0.29) is 36.6 Å². The lowest BCUT2D eigenvalue weighted by Gasteiger charge is -2.27. The fourth-order valence-corrected chi connectivity index (χ4v) is 5.93. The highest BCUT2D eigenvalue weighted by Gasteiger charge is 2.29. The summed E-state index contributed by atoms with van der Waals surface area (Å²) in [7, 11) is 0. The molecule has 2 atom stereocenters. The summed E-state index contributed by atoms with van der Waals surface area (Å²) in [5.74, 6) is 0.922. The predicted molar refractivity (Wildman–Crippen MR) is 167 cm³/mol. The maximum absolute atomic E-state index is 13.9. The number of aromatic nitrogens is 6. The van der Waals surface area contributed by atoms with Crippen molar-refractivity contribution in [3.8, 4) is 0 Å². The smallest absolute Gasteiger partial charge is 0.244 e. The van der Waals surface area contributed by atoms with Gasteiger partial charge in [0.2, 0.25) is 17.7 Å². The van der Waals surface area contributed by atoms with Gasteiger partial charge in [0.05, 0.1) is 18.3 Å². The lowest BCUT2D eigenvalue weighted by atomic mass is 10.0. The molecular weight excluding hydrogens is 558 g/mol. The fraction of sp³-hybridized carbons (Fsp3) is 0.500. The third-order valence-corrected chi connectivity index (χ3v) is 8.05. The first kappa shape index (κ1) is 31.0. The Balaban J connectivity index is 1.44. The summed E-state index contributed by atoms with van der Waals surface area (Å²) in [6, 6.07) is 8.64. The third-order valence-electron chi connectivity index (χ3n) is 8.05. The van der Waals surface area contributed by atoms with Crippen LogP contribution in [0.5, 0.6) is 0 Å². The van der Waals surface area contributed by atoms with E-state index < -0.39 is 12.1 Å². The zero-order chi connectivity index (χ0) is 31.4. The number of benzene rings is 1. The van der Waals surface area contributed by atoms with Crippen LogP contribution in [0.25, 0.3) is 10.9 Å². The van der Waals surface area contributed by atoms with Crippen LogP contribution in [0.2, 0.25) is 0 Å². The van der Waals surface area contributed by atoms with Crippen LogP contribution in [0.1, 0.15) is 67.8 Å². The van der Waals surface area contributed by atoms with Gasteiger partial charge in [-0.1, -0.05) is 32.0 Å². The topological polar surface area (TPSA) is 143 Å². The van der Waals surface area contributed by atoms with E-state index in [1.54, 1.807) is 9.58 Å². The van der Waals surface area contributed by atoms with Gasteiger partial charge in [0.15, 0.2) is 0 Å². The third kappa shape index (κ3) is 7.35. The van der Waals surface area contributed by atoms with Crippen LogP contribution in [0, 0.1) is 26.7 Å². The number of para-hydroxylation sites is 1. The first-order valence-electron chi connectivity index (χ1n) is 15.4. The van der Waals surface area contributed by atoms with Crippen LogP contribution in [0.15, 0.2) is 36.5 Å². The van der Waals surface area contributed by atoms with Crippen LogP contribution in [-0.4, -0.2) is 71.3 Å². The van der Waals surface area contributed by atoms with E-state index in [2.05, 4.69) is 39.7 Å². The second-order valence-electron chi connectivity index (χ2n) is 12.2. The number of nitrogens with zero attached hydrogens (tertiary/aromatic N) is 6. The molecule has 1 aliphatic heterocycles. The molecule has 1 aromatic carbocycles. The molecule has 0 fully saturated rings. The van der Waals surface area contributed by atoms with Gasteiger partial charge in [-0.15, -0.1) is 0 Å². The van der Waals surface area contributed by atoms with Crippen molar-refractivity contribution in [1.29, 1.82) is 0 Å². The Bertz CT molecular complexity index is 1630. The number of hydrogen-bond acceptors (Lipinski definition) is 6. The number of carbonyl (C=O) groups is 3. The maximum Gasteiger partial charge on any atom is 0.244 e. The van der Waals surface area contributed by atoms with Gasteiger partial charge in [-0.3, -0.25) is 19.1 Å². The molecule has 5 rings (SSSR count). The molecule has 3 N–H and O–H groups in total. The average Bonchev–Trinajstić information content (AvgIpc) is 3.64. The Labute approximate surface area is 257 Å². The summed E-state index contributed by atoms with van der Waals surface area (Å²) in [4.78, 5) is 50.4. The molecule has 4 heterocycles. The quantitative estimate of drug-likeness (QED) is 0.310. The number of hydrogen-bond donors (Lipinski definition) is 3. The number of nitrogens with one attached hydrogen (secondary N) is 3. The number of carbonyl (C=O) groups excluding carboxylic acids is 3. The number of fused-ring (bicyclic) bond motifs is 2. The number of H-pyrrole nitrogens is 1. The first-order valence-corrected chi connectivity index (χ1v) is 15.4. The minimum absolute atomic E-state index is 0.0775. The number of amides is 3. The van der Waals surface area contributed by atoms with Gasteiger partial charge in [0.25, 0.3) is 0 Å². The van der Waals surface area contributed by atoms with E-state index in [0.717, 1.165) is 27.9 Å². The molecule has 0 saturated heterocycles. The molecule has 0 spiro atoms. The maximum atomic E-state index is 13.9. The summed E-state index contributed by atoms with van der Waals surface area (Å²) in [6.45, 7) is 11.2. The second-order valence-corrected chi connectivity index (χ2v) is 12.2. The van der Waals surface area contributed by atoms with Crippen LogP contribution in [0.4, 0.5) is 0 Å². The molecule has 3 amide bonds. The Hall–Kier alpha value is -4.48. The molecule has 234 valence electrons. The fourth-order valence-electron chi connectivity index (χ4n) is 5.93. The van der Waals surface area contributed by atoms with Crippen molar-refractivity contribution in [2.24, 2.45) is 5.92 Å². The zero-order valence-corrected chi connectivity index (χ0v) is 26.3. The number of rotatable bonds is 6. The largest absolute Gasteiger partial charge is 0.361 e. The average molecular weight is 602 g/mol. The molecule has 0 radical (unpaired) electrons. The summed E-state index contributed by atoms with van der Waals surface area (Å²) in [5.41, 5.74) is 3.69. The molecule has 12 heteroatoms. The predicted octanol–water partition coefficient (Wildman–Crippen LogP) is 3.13. The van der Waals surface area contributed by atoms with E-state index in [1.807, 2.05) is 62.0 Å². The summed E-state index contributed by atoms with van der Waals surface area (Å²) >= 11 is 0. The SMILES string of the molecule is Cc1cc(C)n(CC(=O)N2CCCC(=O)N[C@H](Cc3c[nH]c4ccccc34)C(=O)N[C@@H](CC(C)C)c3nc(C)nn3CC2)n1. The van der Waals surface area contributed by atoms with E-state index in [9.17, 15) is 14.4 Å². The van der Waals surface area contributed by atoms with Crippen molar-refractivity contribution in [3.05, 3.63) is 65.1 Å². The van der Waals surface area contributed by atoms with Crippen molar-refractivity contribution >= 4 is 28.6 Å². The van der Waals surface area contributed by atoms with E-state index >= 15 is 0 Å². The van der Waals surface area contributed by atoms with Gasteiger partial charge in [-0.05, 0) is 57.2 Å². The minimum atomic E-state index is -0.791. The van der Waals surface area contributed by atoms with Gasteiger partial charge < -0.3 is 20.5 Å². The van der Waals surface area contributed by atoms with Gasteiger partial charge in [-0.2, -0.15) is 10.2 Å². The van der Waals surface area contributed by atoms with Crippen molar-refractivity contribution < 1.29 is 14.4 Å². The summed E-state index contributed by atoms with van der Waals surface area (Å²) < 4.78 is 3.52. The highest BCUT2D eigenvalue weighted by molar-refractivity contribution is 5.89. The van der Waals surface area contributed by atoms with E-state index in [4.69, 9.17) is 4.98 Å². The van der Waals surface area contributed by atoms with Crippen LogP contribution >= 0.6 is 0 Å². The lowest BCUT2D eigenvalue weighted by molar-refractivity contribution is -0.133. The molecule has 12 nitrogen and oxygen atoms in total. The van der Waals surface area contributed by atoms with Crippen molar-refractivity contribution in [2.75, 3.05) is 13.1 Å². The highest BCUT2D eigenvalue weighted by atomic mass is 16.2. The molecule has 3 aromatic heterocycles. The summed E-state index contributed by atoms with van der Waals surface area (Å²) in [6.07, 6.45) is 3.50. The molecule has 0 unspecified atom stereocenters. The molecule has 4 aromatic rings. The van der Waals surface area contributed by atoms with Gasteiger partial charge >= 0.3 is 0 Å². The molecule has 0 aliphatic carbocycles. The van der Waals surface area contributed by atoms with Gasteiger partial charge in [-0.25, -0.2) is 9.67 Å². The normalized spacial score (nSPS) is 18.6. The zero-order valence-electron chi connectivity index (χ0n) is 26.3. The van der Waals surface area contributed by atoms with Crippen molar-refractivity contribution in [3.63, 3.8) is 0 Å². The van der Waals surface area contributed by atoms with Crippen molar-refractivity contribution in [1.82, 2.24) is 45.1 Å². The van der Waals surface area contributed by atoms with Crippen LogP contribution in [-0.2, 0) is 33.9 Å². The van der Waals surface area contributed by atoms with E-state index in [1.165, 1.54) is 0 Å². The molecule has 44 heavy (non-hydrogen) atoms. The van der Waals surface area contributed by atoms with Crippen molar-refractivity contribution in [2.45, 2.75) is 85.5 Å². The Morgan fingerprint density at radius 3 is 2.57 bits per heavy atom. The van der Waals surface area contributed by atoms with Gasteiger partial charge in [0, 0.05) is 48.7 Å². The Morgan fingerprint density at radius 1 is 1.02 bits per heavy atom. The van der Waals surface area contributed by atoms with Crippen LogP contribution in [0.3, 0.4) is 0 Å². The monoisotopic (exact) mass is 601 g/mol. The first-order chi connectivity index (χ1) is 21.1. The Morgan fingerprint density at radius 2 is 1.82 bits per heavy atom. The lowest BCUT2D eigenvalue weighted by Crippen LogP contribution is -2.49. The summed E-state index contributed by atoms with van der Waals surface area (Å²) in [5, 5.41) is 16.3. The molecule has 0 bridgehead atoms. The molecular formula is C32H43N9O3. The van der Waals surface area contributed by atoms with Gasteiger partial charge in [0.1, 0.15) is 24.2 Å². The minimum Gasteiger partial charge on any atom is -0.361 e. The second kappa shape index (κ2) is 13.4. The number of aryl methyl sites for hydroxylation is 3. The number of aromatic amines is 1.